The molecule has 0 amide bonds. The first-order chi connectivity index (χ1) is 7.44. The molecule has 0 aromatic carbocycles. The van der Waals surface area contributed by atoms with Crippen LogP contribution in [0.5, 0.6) is 0 Å². The summed E-state index contributed by atoms with van der Waals surface area (Å²) in [7, 11) is 1.90. The van der Waals surface area contributed by atoms with Crippen molar-refractivity contribution in [1.82, 2.24) is 15.5 Å². The summed E-state index contributed by atoms with van der Waals surface area (Å²) >= 11 is 0. The molecule has 1 fully saturated rings. The molecule has 0 aromatic heterocycles. The molecule has 1 unspecified atom stereocenters. The van der Waals surface area contributed by atoms with Crippen molar-refractivity contribution in [2.45, 2.75) is 38.3 Å². The first-order valence-electron chi connectivity index (χ1n) is 5.94. The molecule has 1 rings (SSSR count). The topological polar surface area (TPSA) is 27.3 Å². The smallest absolute Gasteiger partial charge is 0.261 e. The summed E-state index contributed by atoms with van der Waals surface area (Å²) in [5, 5.41) is 5.98. The van der Waals surface area contributed by atoms with Gasteiger partial charge in [0.2, 0.25) is 0 Å². The molecule has 0 aromatic rings. The van der Waals surface area contributed by atoms with Gasteiger partial charge in [-0.15, -0.1) is 0 Å². The van der Waals surface area contributed by atoms with Crippen LogP contribution in [-0.4, -0.2) is 56.1 Å². The van der Waals surface area contributed by atoms with Crippen molar-refractivity contribution < 1.29 is 8.78 Å². The minimum atomic E-state index is -2.52. The highest BCUT2D eigenvalue weighted by Crippen LogP contribution is 2.25. The van der Waals surface area contributed by atoms with E-state index < -0.39 is 5.92 Å². The van der Waals surface area contributed by atoms with Gasteiger partial charge < -0.3 is 10.6 Å². The van der Waals surface area contributed by atoms with Gasteiger partial charge in [-0.25, -0.2) is 8.78 Å². The zero-order valence-corrected chi connectivity index (χ0v) is 10.4. The van der Waals surface area contributed by atoms with E-state index in [0.717, 1.165) is 13.1 Å². The Bertz CT molecular complexity index is 209. The van der Waals surface area contributed by atoms with Crippen molar-refractivity contribution in [3.63, 3.8) is 0 Å². The third-order valence-corrected chi connectivity index (χ3v) is 3.03. The summed E-state index contributed by atoms with van der Waals surface area (Å²) in [5.74, 6) is -2.52. The molecule has 1 saturated heterocycles. The Balaban J connectivity index is 2.37. The Morgan fingerprint density at radius 3 is 2.62 bits per heavy atom. The highest BCUT2D eigenvalue weighted by atomic mass is 19.3. The zero-order valence-electron chi connectivity index (χ0n) is 10.4. The van der Waals surface area contributed by atoms with Gasteiger partial charge in [-0.3, -0.25) is 4.90 Å². The Kier molecular flexibility index (Phi) is 5.08. The van der Waals surface area contributed by atoms with E-state index in [0.29, 0.717) is 12.6 Å². The zero-order chi connectivity index (χ0) is 12.2. The molecule has 0 aliphatic carbocycles. The molecule has 1 aliphatic heterocycles. The second-order valence-corrected chi connectivity index (χ2v) is 4.83. The SMILES string of the molecule is CNCCN(CC1CC(F)(F)CN1)C(C)C. The van der Waals surface area contributed by atoms with Gasteiger partial charge in [0.1, 0.15) is 0 Å². The minimum absolute atomic E-state index is 0.0320. The molecule has 0 spiro atoms. The average molecular weight is 235 g/mol. The van der Waals surface area contributed by atoms with Crippen LogP contribution >= 0.6 is 0 Å². The maximum absolute atomic E-state index is 13.0. The Morgan fingerprint density at radius 2 is 2.19 bits per heavy atom. The largest absolute Gasteiger partial charge is 0.318 e. The van der Waals surface area contributed by atoms with Crippen molar-refractivity contribution in [3.05, 3.63) is 0 Å². The predicted octanol–water partition coefficient (Wildman–Crippen LogP) is 0.913. The van der Waals surface area contributed by atoms with Crippen LogP contribution in [0.2, 0.25) is 0 Å². The first kappa shape index (κ1) is 13.8. The quantitative estimate of drug-likeness (QED) is 0.716. The van der Waals surface area contributed by atoms with Crippen LogP contribution < -0.4 is 10.6 Å². The lowest BCUT2D eigenvalue weighted by molar-refractivity contribution is 0.0196. The standard InChI is InChI=1S/C11H23F2N3/c1-9(2)16(5-4-14-3)7-10-6-11(12,13)8-15-10/h9-10,14-15H,4-8H2,1-3H3. The molecule has 2 N–H and O–H groups in total. The molecule has 96 valence electrons. The molecule has 16 heavy (non-hydrogen) atoms. The molecule has 5 heteroatoms. The van der Waals surface area contributed by atoms with Crippen LogP contribution in [0.25, 0.3) is 0 Å². The van der Waals surface area contributed by atoms with Crippen LogP contribution in [0.1, 0.15) is 20.3 Å². The molecule has 0 radical (unpaired) electrons. The molecule has 1 aliphatic rings. The number of hydrogen-bond acceptors (Lipinski definition) is 3. The molecular weight excluding hydrogens is 212 g/mol. The van der Waals surface area contributed by atoms with Gasteiger partial charge in [-0.05, 0) is 20.9 Å². The monoisotopic (exact) mass is 235 g/mol. The average Bonchev–Trinajstić information content (AvgIpc) is 2.52. The Morgan fingerprint density at radius 1 is 1.50 bits per heavy atom. The number of hydrogen-bond donors (Lipinski definition) is 2. The van der Waals surface area contributed by atoms with E-state index in [1.54, 1.807) is 0 Å². The third-order valence-electron chi connectivity index (χ3n) is 3.03. The third kappa shape index (κ3) is 4.31. The fraction of sp³-hybridized carbons (Fsp3) is 1.00. The summed E-state index contributed by atoms with van der Waals surface area (Å²) < 4.78 is 26.0. The molecule has 1 heterocycles. The predicted molar refractivity (Wildman–Crippen MR) is 62.0 cm³/mol. The molecular formula is C11H23F2N3. The maximum Gasteiger partial charge on any atom is 0.261 e. The van der Waals surface area contributed by atoms with Crippen LogP contribution in [0.3, 0.4) is 0 Å². The maximum atomic E-state index is 13.0. The van der Waals surface area contributed by atoms with Gasteiger partial charge in [0.15, 0.2) is 0 Å². The van der Waals surface area contributed by atoms with E-state index in [2.05, 4.69) is 29.4 Å². The number of alkyl halides is 2. The number of nitrogens with one attached hydrogen (secondary N) is 2. The highest BCUT2D eigenvalue weighted by Gasteiger charge is 2.39. The van der Waals surface area contributed by atoms with E-state index in [4.69, 9.17) is 0 Å². The van der Waals surface area contributed by atoms with Crippen molar-refractivity contribution in [1.29, 1.82) is 0 Å². The molecule has 1 atom stereocenters. The summed E-state index contributed by atoms with van der Waals surface area (Å²) in [6, 6.07) is 0.318. The Hall–Kier alpha value is -0.260. The highest BCUT2D eigenvalue weighted by molar-refractivity contribution is 4.89. The summed E-state index contributed by atoms with van der Waals surface area (Å²) in [6.07, 6.45) is -0.0320. The van der Waals surface area contributed by atoms with E-state index in [1.807, 2.05) is 7.05 Å². The number of rotatable bonds is 6. The van der Waals surface area contributed by atoms with Crippen LogP contribution in [0, 0.1) is 0 Å². The van der Waals surface area contributed by atoms with Gasteiger partial charge in [0.05, 0.1) is 6.54 Å². The molecule has 3 nitrogen and oxygen atoms in total. The van der Waals surface area contributed by atoms with Gasteiger partial charge in [-0.1, -0.05) is 0 Å². The molecule has 0 bridgehead atoms. The fourth-order valence-corrected chi connectivity index (χ4v) is 2.03. The summed E-state index contributed by atoms with van der Waals surface area (Å²) in [5.41, 5.74) is 0. The van der Waals surface area contributed by atoms with Crippen LogP contribution in [-0.2, 0) is 0 Å². The van der Waals surface area contributed by atoms with E-state index in [-0.39, 0.29) is 19.0 Å². The summed E-state index contributed by atoms with van der Waals surface area (Å²) in [4.78, 5) is 2.23. The van der Waals surface area contributed by atoms with Crippen LogP contribution in [0.4, 0.5) is 8.78 Å². The van der Waals surface area contributed by atoms with Gasteiger partial charge in [0.25, 0.3) is 5.92 Å². The van der Waals surface area contributed by atoms with E-state index in [1.165, 1.54) is 0 Å². The van der Waals surface area contributed by atoms with Gasteiger partial charge in [0, 0.05) is 38.1 Å². The van der Waals surface area contributed by atoms with Crippen LogP contribution in [0.15, 0.2) is 0 Å². The van der Waals surface area contributed by atoms with Gasteiger partial charge >= 0.3 is 0 Å². The lowest BCUT2D eigenvalue weighted by atomic mass is 10.1. The number of halogens is 2. The van der Waals surface area contributed by atoms with Gasteiger partial charge in [-0.2, -0.15) is 0 Å². The van der Waals surface area contributed by atoms with Crippen molar-refractivity contribution in [2.24, 2.45) is 0 Å². The normalized spacial score (nSPS) is 24.6. The van der Waals surface area contributed by atoms with E-state index >= 15 is 0 Å². The lowest BCUT2D eigenvalue weighted by Gasteiger charge is -2.29. The first-order valence-corrected chi connectivity index (χ1v) is 5.94. The van der Waals surface area contributed by atoms with E-state index in [9.17, 15) is 8.78 Å². The summed E-state index contributed by atoms with van der Waals surface area (Å²) in [6.45, 7) is 6.52. The van der Waals surface area contributed by atoms with Crippen molar-refractivity contribution >= 4 is 0 Å². The fourth-order valence-electron chi connectivity index (χ4n) is 2.03. The van der Waals surface area contributed by atoms with Crippen molar-refractivity contribution in [2.75, 3.05) is 33.2 Å². The van der Waals surface area contributed by atoms with Crippen molar-refractivity contribution in [3.8, 4) is 0 Å². The second-order valence-electron chi connectivity index (χ2n) is 4.83. The number of likely N-dealkylation sites (N-methyl/N-ethyl adjacent to an activating group) is 1. The molecule has 0 saturated carbocycles. The Labute approximate surface area is 96.6 Å². The second kappa shape index (κ2) is 5.89. The number of nitrogens with zero attached hydrogens (tertiary/aromatic N) is 1. The minimum Gasteiger partial charge on any atom is -0.318 e. The lowest BCUT2D eigenvalue weighted by Crippen LogP contribution is -2.43.